The first-order valence-electron chi connectivity index (χ1n) is 8.75. The number of para-hydroxylation sites is 1. The molecule has 1 fully saturated rings. The Kier molecular flexibility index (Phi) is 4.64. The van der Waals surface area contributed by atoms with Gasteiger partial charge in [0.2, 0.25) is 0 Å². The minimum absolute atomic E-state index is 0.00527. The van der Waals surface area contributed by atoms with E-state index in [0.29, 0.717) is 23.6 Å². The van der Waals surface area contributed by atoms with E-state index in [1.165, 1.54) is 0 Å². The SMILES string of the molecule is O=C(c1ccccc1Oc1cccnc1)N1CCC[C@H](n2ccnc2)C1. The number of benzene rings is 1. The molecule has 132 valence electrons. The molecule has 1 aromatic carbocycles. The zero-order valence-corrected chi connectivity index (χ0v) is 14.4. The summed E-state index contributed by atoms with van der Waals surface area (Å²) in [7, 11) is 0. The Balaban J connectivity index is 1.54. The highest BCUT2D eigenvalue weighted by Gasteiger charge is 2.27. The summed E-state index contributed by atoms with van der Waals surface area (Å²) >= 11 is 0. The molecule has 0 N–H and O–H groups in total. The first-order valence-corrected chi connectivity index (χ1v) is 8.75. The van der Waals surface area contributed by atoms with Crippen LogP contribution in [0.5, 0.6) is 11.5 Å². The molecule has 1 aliphatic heterocycles. The predicted molar refractivity (Wildman–Crippen MR) is 97.2 cm³/mol. The minimum atomic E-state index is -0.00527. The molecule has 2 aromatic heterocycles. The summed E-state index contributed by atoms with van der Waals surface area (Å²) in [5.74, 6) is 1.16. The third-order valence-electron chi connectivity index (χ3n) is 4.61. The van der Waals surface area contributed by atoms with E-state index in [2.05, 4.69) is 14.5 Å². The van der Waals surface area contributed by atoms with Gasteiger partial charge in [-0.3, -0.25) is 9.78 Å². The Morgan fingerprint density at radius 2 is 2.04 bits per heavy atom. The first kappa shape index (κ1) is 16.3. The molecule has 3 aromatic rings. The van der Waals surface area contributed by atoms with E-state index in [1.807, 2.05) is 47.8 Å². The van der Waals surface area contributed by atoms with Crippen molar-refractivity contribution in [3.8, 4) is 11.5 Å². The van der Waals surface area contributed by atoms with E-state index >= 15 is 0 Å². The maximum Gasteiger partial charge on any atom is 0.257 e. The van der Waals surface area contributed by atoms with E-state index in [0.717, 1.165) is 19.4 Å². The van der Waals surface area contributed by atoms with Crippen LogP contribution in [-0.2, 0) is 0 Å². The lowest BCUT2D eigenvalue weighted by Crippen LogP contribution is -2.40. The average Bonchev–Trinajstić information content (AvgIpc) is 3.24. The molecule has 1 atom stereocenters. The van der Waals surface area contributed by atoms with Gasteiger partial charge in [0, 0.05) is 31.7 Å². The van der Waals surface area contributed by atoms with Crippen LogP contribution in [0.25, 0.3) is 0 Å². The van der Waals surface area contributed by atoms with Crippen molar-refractivity contribution in [2.24, 2.45) is 0 Å². The highest BCUT2D eigenvalue weighted by Crippen LogP contribution is 2.28. The van der Waals surface area contributed by atoms with Crippen molar-refractivity contribution in [3.63, 3.8) is 0 Å². The van der Waals surface area contributed by atoms with Gasteiger partial charge in [-0.15, -0.1) is 0 Å². The lowest BCUT2D eigenvalue weighted by Gasteiger charge is -2.33. The van der Waals surface area contributed by atoms with Gasteiger partial charge in [0.15, 0.2) is 0 Å². The van der Waals surface area contributed by atoms with Gasteiger partial charge in [-0.1, -0.05) is 12.1 Å². The summed E-state index contributed by atoms with van der Waals surface area (Å²) in [6, 6.07) is 11.3. The van der Waals surface area contributed by atoms with E-state index in [-0.39, 0.29) is 11.9 Å². The summed E-state index contributed by atoms with van der Waals surface area (Å²) < 4.78 is 7.98. The Labute approximate surface area is 152 Å². The molecule has 0 saturated carbocycles. The van der Waals surface area contributed by atoms with Gasteiger partial charge < -0.3 is 14.2 Å². The van der Waals surface area contributed by atoms with Gasteiger partial charge in [-0.2, -0.15) is 0 Å². The fraction of sp³-hybridized carbons (Fsp3) is 0.250. The maximum absolute atomic E-state index is 13.1. The monoisotopic (exact) mass is 348 g/mol. The quantitative estimate of drug-likeness (QED) is 0.723. The Bertz CT molecular complexity index is 865. The number of nitrogens with zero attached hydrogens (tertiary/aromatic N) is 4. The van der Waals surface area contributed by atoms with Crippen molar-refractivity contribution < 1.29 is 9.53 Å². The molecule has 6 heteroatoms. The van der Waals surface area contributed by atoms with Gasteiger partial charge in [0.05, 0.1) is 24.1 Å². The van der Waals surface area contributed by atoms with Crippen LogP contribution in [-0.4, -0.2) is 38.4 Å². The van der Waals surface area contributed by atoms with Gasteiger partial charge in [0.25, 0.3) is 5.91 Å². The van der Waals surface area contributed by atoms with Crippen LogP contribution in [0, 0.1) is 0 Å². The van der Waals surface area contributed by atoms with Crippen LogP contribution in [0.15, 0.2) is 67.5 Å². The number of piperidine rings is 1. The summed E-state index contributed by atoms with van der Waals surface area (Å²) in [5.41, 5.74) is 0.572. The number of carbonyl (C=O) groups excluding carboxylic acids is 1. The second-order valence-electron chi connectivity index (χ2n) is 6.34. The number of carbonyl (C=O) groups is 1. The van der Waals surface area contributed by atoms with E-state index in [1.54, 1.807) is 24.7 Å². The lowest BCUT2D eigenvalue weighted by atomic mass is 10.0. The molecule has 4 rings (SSSR count). The molecular weight excluding hydrogens is 328 g/mol. The maximum atomic E-state index is 13.1. The highest BCUT2D eigenvalue weighted by molar-refractivity contribution is 5.97. The fourth-order valence-corrected chi connectivity index (χ4v) is 3.31. The topological polar surface area (TPSA) is 60.2 Å². The smallest absolute Gasteiger partial charge is 0.257 e. The van der Waals surface area contributed by atoms with Gasteiger partial charge in [0.1, 0.15) is 11.5 Å². The first-order chi connectivity index (χ1) is 12.8. The lowest BCUT2D eigenvalue weighted by molar-refractivity contribution is 0.0677. The van der Waals surface area contributed by atoms with Crippen molar-refractivity contribution in [2.75, 3.05) is 13.1 Å². The summed E-state index contributed by atoms with van der Waals surface area (Å²) in [4.78, 5) is 23.2. The molecule has 26 heavy (non-hydrogen) atoms. The number of ether oxygens (including phenoxy) is 1. The second-order valence-corrected chi connectivity index (χ2v) is 6.34. The highest BCUT2D eigenvalue weighted by atomic mass is 16.5. The van der Waals surface area contributed by atoms with E-state index < -0.39 is 0 Å². The number of amides is 1. The second kappa shape index (κ2) is 7.39. The number of imidazole rings is 1. The number of hydrogen-bond donors (Lipinski definition) is 0. The third kappa shape index (κ3) is 3.44. The molecule has 0 bridgehead atoms. The van der Waals surface area contributed by atoms with Crippen molar-refractivity contribution in [1.82, 2.24) is 19.4 Å². The molecule has 1 saturated heterocycles. The minimum Gasteiger partial charge on any atom is -0.455 e. The zero-order chi connectivity index (χ0) is 17.8. The van der Waals surface area contributed by atoms with E-state index in [9.17, 15) is 4.79 Å². The largest absolute Gasteiger partial charge is 0.455 e. The molecule has 0 unspecified atom stereocenters. The van der Waals surface area contributed by atoms with Gasteiger partial charge in [-0.25, -0.2) is 4.98 Å². The van der Waals surface area contributed by atoms with Crippen LogP contribution in [0.2, 0.25) is 0 Å². The standard InChI is InChI=1S/C20H20N4O2/c25-20(23-11-4-5-16(14-23)24-12-10-22-15-24)18-7-1-2-8-19(18)26-17-6-3-9-21-13-17/h1-3,6-10,12-13,15-16H,4-5,11,14H2/t16-/m0/s1. The number of pyridine rings is 1. The van der Waals surface area contributed by atoms with Crippen LogP contribution >= 0.6 is 0 Å². The summed E-state index contributed by atoms with van der Waals surface area (Å²) in [6.45, 7) is 1.43. The number of rotatable bonds is 4. The molecule has 0 spiro atoms. The van der Waals surface area contributed by atoms with Crippen LogP contribution in [0.4, 0.5) is 0 Å². The molecule has 1 amide bonds. The molecule has 0 aliphatic carbocycles. The van der Waals surface area contributed by atoms with Crippen LogP contribution in [0.3, 0.4) is 0 Å². The normalized spacial score (nSPS) is 17.1. The number of hydrogen-bond acceptors (Lipinski definition) is 4. The van der Waals surface area contributed by atoms with Gasteiger partial charge >= 0.3 is 0 Å². The summed E-state index contributed by atoms with van der Waals surface area (Å²) in [6.07, 6.45) is 10.9. The number of likely N-dealkylation sites (tertiary alicyclic amines) is 1. The molecule has 0 radical (unpaired) electrons. The zero-order valence-electron chi connectivity index (χ0n) is 14.4. The van der Waals surface area contributed by atoms with Crippen LogP contribution < -0.4 is 4.74 Å². The van der Waals surface area contributed by atoms with Crippen LogP contribution in [0.1, 0.15) is 29.2 Å². The number of aromatic nitrogens is 3. The molecule has 3 heterocycles. The molecule has 1 aliphatic rings. The van der Waals surface area contributed by atoms with Crippen molar-refractivity contribution >= 4 is 5.91 Å². The molecular formula is C20H20N4O2. The Morgan fingerprint density at radius 3 is 2.85 bits per heavy atom. The van der Waals surface area contributed by atoms with Crippen molar-refractivity contribution in [1.29, 1.82) is 0 Å². The van der Waals surface area contributed by atoms with Crippen molar-refractivity contribution in [3.05, 3.63) is 73.1 Å². The fourth-order valence-electron chi connectivity index (χ4n) is 3.31. The van der Waals surface area contributed by atoms with Crippen molar-refractivity contribution in [2.45, 2.75) is 18.9 Å². The average molecular weight is 348 g/mol. The third-order valence-corrected chi connectivity index (χ3v) is 4.61. The summed E-state index contributed by atoms with van der Waals surface area (Å²) in [5, 5.41) is 0. The van der Waals surface area contributed by atoms with E-state index in [4.69, 9.17) is 4.74 Å². The Morgan fingerprint density at radius 1 is 1.12 bits per heavy atom. The molecule has 6 nitrogen and oxygen atoms in total. The predicted octanol–water partition coefficient (Wildman–Crippen LogP) is 3.55. The van der Waals surface area contributed by atoms with Gasteiger partial charge in [-0.05, 0) is 37.1 Å². The Hall–Kier alpha value is -3.15.